The van der Waals surface area contributed by atoms with Crippen LogP contribution in [0.3, 0.4) is 0 Å². The fourth-order valence-corrected chi connectivity index (χ4v) is 4.43. The molecule has 3 aliphatic rings. The van der Waals surface area contributed by atoms with Gasteiger partial charge in [0.1, 0.15) is 6.54 Å². The van der Waals surface area contributed by atoms with Gasteiger partial charge in [0.05, 0.1) is 6.04 Å². The van der Waals surface area contributed by atoms with Crippen LogP contribution >= 0.6 is 0 Å². The molecule has 2 amide bonds. The van der Waals surface area contributed by atoms with Gasteiger partial charge < -0.3 is 10.2 Å². The number of amides is 2. The number of nitrogens with one attached hydrogen (secondary N) is 1. The van der Waals surface area contributed by atoms with E-state index in [1.54, 1.807) is 4.90 Å². The van der Waals surface area contributed by atoms with E-state index in [2.05, 4.69) is 10.4 Å². The van der Waals surface area contributed by atoms with Crippen LogP contribution in [0.15, 0.2) is 0 Å². The molecular formula is C17H21F3N4O2. The fraction of sp³-hybridized carbons (Fsp3) is 0.706. The summed E-state index contributed by atoms with van der Waals surface area (Å²) < 4.78 is 40.7. The van der Waals surface area contributed by atoms with E-state index in [1.807, 2.05) is 0 Å². The van der Waals surface area contributed by atoms with Crippen LogP contribution in [-0.4, -0.2) is 45.6 Å². The summed E-state index contributed by atoms with van der Waals surface area (Å²) in [5.41, 5.74) is -0.0758. The lowest BCUT2D eigenvalue weighted by Gasteiger charge is -2.17. The number of carbonyl (C=O) groups excluding carboxylic acids is 2. The Morgan fingerprint density at radius 3 is 2.77 bits per heavy atom. The van der Waals surface area contributed by atoms with Crippen molar-refractivity contribution in [2.75, 3.05) is 13.1 Å². The molecule has 2 fully saturated rings. The maximum atomic E-state index is 13.2. The van der Waals surface area contributed by atoms with Crippen LogP contribution in [0, 0.1) is 5.92 Å². The van der Waals surface area contributed by atoms with Gasteiger partial charge in [-0.1, -0.05) is 0 Å². The minimum Gasteiger partial charge on any atom is -0.351 e. The van der Waals surface area contributed by atoms with E-state index in [4.69, 9.17) is 0 Å². The first-order valence-corrected chi connectivity index (χ1v) is 9.06. The Kier molecular flexibility index (Phi) is 4.19. The Bertz CT molecular complexity index is 743. The van der Waals surface area contributed by atoms with E-state index in [1.165, 1.54) is 4.68 Å². The normalized spacial score (nSPS) is 25.7. The van der Waals surface area contributed by atoms with E-state index >= 15 is 0 Å². The summed E-state index contributed by atoms with van der Waals surface area (Å²) in [6, 6.07) is -0.0528. The van der Waals surface area contributed by atoms with E-state index < -0.39 is 11.9 Å². The van der Waals surface area contributed by atoms with Gasteiger partial charge in [-0.2, -0.15) is 18.3 Å². The van der Waals surface area contributed by atoms with Crippen molar-refractivity contribution < 1.29 is 22.8 Å². The summed E-state index contributed by atoms with van der Waals surface area (Å²) in [7, 11) is 0. The number of rotatable bonds is 2. The average Bonchev–Trinajstić information content (AvgIpc) is 3.21. The van der Waals surface area contributed by atoms with E-state index in [0.717, 1.165) is 12.8 Å². The number of nitrogens with zero attached hydrogens (tertiary/aromatic N) is 3. The molecule has 0 radical (unpaired) electrons. The van der Waals surface area contributed by atoms with Crippen molar-refractivity contribution >= 4 is 11.8 Å². The van der Waals surface area contributed by atoms with Gasteiger partial charge in [0.2, 0.25) is 11.8 Å². The van der Waals surface area contributed by atoms with Crippen LogP contribution < -0.4 is 5.32 Å². The number of halogens is 3. The number of aromatic nitrogens is 2. The van der Waals surface area contributed by atoms with Gasteiger partial charge in [-0.3, -0.25) is 14.3 Å². The van der Waals surface area contributed by atoms with Crippen molar-refractivity contribution in [2.45, 2.75) is 57.3 Å². The van der Waals surface area contributed by atoms with Gasteiger partial charge in [-0.25, -0.2) is 0 Å². The minimum absolute atomic E-state index is 0.00603. The molecule has 1 N–H and O–H groups in total. The van der Waals surface area contributed by atoms with Crippen molar-refractivity contribution in [3.8, 4) is 0 Å². The molecule has 0 saturated carbocycles. The fourth-order valence-electron chi connectivity index (χ4n) is 4.43. The quantitative estimate of drug-likeness (QED) is 0.858. The Hall–Kier alpha value is -2.06. The smallest absolute Gasteiger partial charge is 0.351 e. The molecular weight excluding hydrogens is 349 g/mol. The molecule has 142 valence electrons. The summed E-state index contributed by atoms with van der Waals surface area (Å²) in [6.07, 6.45) is -0.761. The second-order valence-electron chi connectivity index (χ2n) is 7.41. The van der Waals surface area contributed by atoms with Gasteiger partial charge in [0, 0.05) is 30.8 Å². The maximum absolute atomic E-state index is 13.2. The third-order valence-corrected chi connectivity index (χ3v) is 5.68. The Morgan fingerprint density at radius 1 is 1.19 bits per heavy atom. The van der Waals surface area contributed by atoms with Crippen LogP contribution in [0.25, 0.3) is 0 Å². The first-order valence-electron chi connectivity index (χ1n) is 9.06. The second-order valence-corrected chi connectivity index (χ2v) is 7.41. The highest BCUT2D eigenvalue weighted by atomic mass is 19.4. The van der Waals surface area contributed by atoms with Crippen LogP contribution in [-0.2, 0) is 35.2 Å². The third kappa shape index (κ3) is 3.07. The van der Waals surface area contributed by atoms with Gasteiger partial charge >= 0.3 is 6.18 Å². The lowest BCUT2D eigenvalue weighted by Crippen LogP contribution is -2.40. The van der Waals surface area contributed by atoms with Crippen LogP contribution in [0.5, 0.6) is 0 Å². The van der Waals surface area contributed by atoms with Crippen molar-refractivity contribution in [3.05, 3.63) is 17.0 Å². The number of likely N-dealkylation sites (tertiary alicyclic amines) is 1. The third-order valence-electron chi connectivity index (χ3n) is 5.68. The molecule has 3 heterocycles. The highest BCUT2D eigenvalue weighted by molar-refractivity contribution is 5.78. The molecule has 1 aliphatic carbocycles. The Labute approximate surface area is 148 Å². The molecule has 6 nitrogen and oxygen atoms in total. The van der Waals surface area contributed by atoms with Gasteiger partial charge in [-0.05, 0) is 38.0 Å². The molecule has 1 aromatic rings. The monoisotopic (exact) mass is 370 g/mol. The predicted octanol–water partition coefficient (Wildman–Crippen LogP) is 1.52. The van der Waals surface area contributed by atoms with Gasteiger partial charge in [-0.15, -0.1) is 0 Å². The lowest BCUT2D eigenvalue weighted by atomic mass is 9.99. The molecule has 9 heteroatoms. The van der Waals surface area contributed by atoms with Crippen molar-refractivity contribution in [1.29, 1.82) is 0 Å². The summed E-state index contributed by atoms with van der Waals surface area (Å²) in [4.78, 5) is 26.0. The zero-order valence-corrected chi connectivity index (χ0v) is 14.3. The standard InChI is InChI=1S/C17H21F3N4O2/c18-17(19,20)16-11-4-2-5-13(11)24(22-16)9-15(26)23-7-10-3-1-6-14(25)21-12(10)8-23/h10,12H,1-9H2,(H,21,25). The summed E-state index contributed by atoms with van der Waals surface area (Å²) in [5.74, 6) is -0.00997. The first kappa shape index (κ1) is 17.4. The second kappa shape index (κ2) is 6.28. The first-order chi connectivity index (χ1) is 12.3. The Balaban J connectivity index is 1.49. The summed E-state index contributed by atoms with van der Waals surface area (Å²) >= 11 is 0. The molecule has 4 rings (SSSR count). The lowest BCUT2D eigenvalue weighted by molar-refractivity contribution is -0.142. The maximum Gasteiger partial charge on any atom is 0.435 e. The highest BCUT2D eigenvalue weighted by Crippen LogP contribution is 2.36. The van der Waals surface area contributed by atoms with Crippen molar-refractivity contribution in [2.24, 2.45) is 5.92 Å². The predicted molar refractivity (Wildman–Crippen MR) is 85.1 cm³/mol. The summed E-state index contributed by atoms with van der Waals surface area (Å²) in [6.45, 7) is 0.788. The van der Waals surface area contributed by atoms with Crippen molar-refractivity contribution in [1.82, 2.24) is 20.0 Å². The molecule has 1 aromatic heterocycles. The Morgan fingerprint density at radius 2 is 2.00 bits per heavy atom. The molecule has 0 spiro atoms. The number of alkyl halides is 3. The molecule has 0 aromatic carbocycles. The highest BCUT2D eigenvalue weighted by Gasteiger charge is 2.41. The van der Waals surface area contributed by atoms with E-state index in [9.17, 15) is 22.8 Å². The van der Waals surface area contributed by atoms with Crippen LogP contribution in [0.4, 0.5) is 13.2 Å². The number of hydrogen-bond acceptors (Lipinski definition) is 3. The largest absolute Gasteiger partial charge is 0.435 e. The zero-order valence-electron chi connectivity index (χ0n) is 14.3. The molecule has 0 bridgehead atoms. The molecule has 2 aliphatic heterocycles. The number of carbonyl (C=O) groups is 2. The zero-order chi connectivity index (χ0) is 18.5. The average molecular weight is 370 g/mol. The number of hydrogen-bond donors (Lipinski definition) is 1. The number of fused-ring (bicyclic) bond motifs is 2. The molecule has 2 atom stereocenters. The van der Waals surface area contributed by atoms with Crippen molar-refractivity contribution in [3.63, 3.8) is 0 Å². The van der Waals surface area contributed by atoms with Gasteiger partial charge in [0.25, 0.3) is 0 Å². The topological polar surface area (TPSA) is 67.2 Å². The SMILES string of the molecule is O=C1CCCC2CN(C(=O)Cn3nc(C(F)(F)F)c4c3CCC4)CC2N1. The minimum atomic E-state index is -4.49. The van der Waals surface area contributed by atoms with Crippen LogP contribution in [0.1, 0.15) is 42.6 Å². The van der Waals surface area contributed by atoms with Crippen LogP contribution in [0.2, 0.25) is 0 Å². The van der Waals surface area contributed by atoms with Gasteiger partial charge in [0.15, 0.2) is 5.69 Å². The summed E-state index contributed by atoms with van der Waals surface area (Å²) in [5, 5.41) is 6.66. The molecule has 2 unspecified atom stereocenters. The molecule has 26 heavy (non-hydrogen) atoms. The van der Waals surface area contributed by atoms with E-state index in [-0.39, 0.29) is 35.9 Å². The van der Waals surface area contributed by atoms with E-state index in [0.29, 0.717) is 44.5 Å². The molecule has 2 saturated heterocycles.